The van der Waals surface area contributed by atoms with Crippen LogP contribution in [0.1, 0.15) is 11.1 Å². The number of allylic oxidation sites excluding steroid dienone is 1. The third kappa shape index (κ3) is 3.14. The minimum atomic E-state index is 0.181. The molecule has 0 unspecified atom stereocenters. The number of phenols is 1. The minimum Gasteiger partial charge on any atom is -0.508 e. The van der Waals surface area contributed by atoms with Gasteiger partial charge >= 0.3 is 0 Å². The van der Waals surface area contributed by atoms with E-state index in [1.165, 1.54) is 0 Å². The molecule has 3 nitrogen and oxygen atoms in total. The van der Waals surface area contributed by atoms with E-state index >= 15 is 0 Å². The third-order valence-corrected chi connectivity index (χ3v) is 2.70. The summed E-state index contributed by atoms with van der Waals surface area (Å²) in [5.74, 6) is 0.930. The molecule has 2 rings (SSSR count). The third-order valence-electron chi connectivity index (χ3n) is 2.70. The second kappa shape index (κ2) is 5.74. The SMILES string of the molecule is COc1ccc(/C(C#N)=C/c2cccc(O)c2)cc1. The number of nitrogens with zero attached hydrogens (tertiary/aromatic N) is 1. The van der Waals surface area contributed by atoms with Crippen LogP contribution in [0.2, 0.25) is 0 Å². The molecule has 0 aliphatic carbocycles. The largest absolute Gasteiger partial charge is 0.508 e. The molecule has 0 heterocycles. The van der Waals surface area contributed by atoms with Gasteiger partial charge in [-0.05, 0) is 53.6 Å². The van der Waals surface area contributed by atoms with Crippen LogP contribution < -0.4 is 4.74 Å². The van der Waals surface area contributed by atoms with Gasteiger partial charge in [-0.15, -0.1) is 0 Å². The Kier molecular flexibility index (Phi) is 3.84. The highest BCUT2D eigenvalue weighted by Gasteiger charge is 2.02. The maximum Gasteiger partial charge on any atom is 0.118 e. The van der Waals surface area contributed by atoms with Crippen LogP contribution in [0.4, 0.5) is 0 Å². The van der Waals surface area contributed by atoms with Crippen molar-refractivity contribution in [2.24, 2.45) is 0 Å². The van der Waals surface area contributed by atoms with E-state index in [1.807, 2.05) is 30.3 Å². The summed E-state index contributed by atoms with van der Waals surface area (Å²) in [6.07, 6.45) is 1.74. The van der Waals surface area contributed by atoms with Gasteiger partial charge in [0.15, 0.2) is 0 Å². The summed E-state index contributed by atoms with van der Waals surface area (Å²) >= 11 is 0. The zero-order chi connectivity index (χ0) is 13.7. The lowest BCUT2D eigenvalue weighted by Crippen LogP contribution is -1.85. The van der Waals surface area contributed by atoms with Gasteiger partial charge in [0.2, 0.25) is 0 Å². The van der Waals surface area contributed by atoms with E-state index in [-0.39, 0.29) is 5.75 Å². The Labute approximate surface area is 112 Å². The number of methoxy groups -OCH3 is 1. The molecule has 2 aromatic rings. The van der Waals surface area contributed by atoms with Crippen LogP contribution in [-0.4, -0.2) is 12.2 Å². The number of ether oxygens (including phenoxy) is 1. The van der Waals surface area contributed by atoms with Crippen molar-refractivity contribution in [2.75, 3.05) is 7.11 Å². The van der Waals surface area contributed by atoms with Gasteiger partial charge in [0.25, 0.3) is 0 Å². The van der Waals surface area contributed by atoms with E-state index in [0.29, 0.717) is 5.57 Å². The summed E-state index contributed by atoms with van der Waals surface area (Å²) in [6, 6.07) is 16.2. The summed E-state index contributed by atoms with van der Waals surface area (Å²) in [7, 11) is 1.60. The van der Waals surface area contributed by atoms with Crippen molar-refractivity contribution in [2.45, 2.75) is 0 Å². The van der Waals surface area contributed by atoms with Gasteiger partial charge in [0.05, 0.1) is 18.8 Å². The molecule has 94 valence electrons. The molecule has 0 fully saturated rings. The quantitative estimate of drug-likeness (QED) is 0.671. The van der Waals surface area contributed by atoms with Crippen molar-refractivity contribution in [1.82, 2.24) is 0 Å². The van der Waals surface area contributed by atoms with Gasteiger partial charge < -0.3 is 9.84 Å². The highest BCUT2D eigenvalue weighted by molar-refractivity contribution is 5.89. The molecule has 0 aliphatic rings. The van der Waals surface area contributed by atoms with Crippen molar-refractivity contribution in [3.05, 3.63) is 59.7 Å². The molecular formula is C16H13NO2. The van der Waals surface area contributed by atoms with Crippen LogP contribution in [0.25, 0.3) is 11.6 Å². The van der Waals surface area contributed by atoms with Gasteiger partial charge in [-0.3, -0.25) is 0 Å². The molecule has 0 aliphatic heterocycles. The summed E-state index contributed by atoms with van der Waals surface area (Å²) in [5, 5.41) is 18.6. The highest BCUT2D eigenvalue weighted by Crippen LogP contribution is 2.22. The van der Waals surface area contributed by atoms with Crippen molar-refractivity contribution >= 4 is 11.6 Å². The highest BCUT2D eigenvalue weighted by atomic mass is 16.5. The van der Waals surface area contributed by atoms with Crippen molar-refractivity contribution in [3.8, 4) is 17.6 Å². The van der Waals surface area contributed by atoms with Crippen molar-refractivity contribution < 1.29 is 9.84 Å². The molecule has 0 radical (unpaired) electrons. The maximum atomic E-state index is 9.41. The average molecular weight is 251 g/mol. The number of phenolic OH excluding ortho intramolecular Hbond substituents is 1. The van der Waals surface area contributed by atoms with E-state index in [9.17, 15) is 10.4 Å². The van der Waals surface area contributed by atoms with Crippen LogP contribution in [0.3, 0.4) is 0 Å². The first-order chi connectivity index (χ1) is 9.22. The normalized spacial score (nSPS) is 10.8. The van der Waals surface area contributed by atoms with Gasteiger partial charge in [-0.2, -0.15) is 5.26 Å². The predicted octanol–water partition coefficient (Wildman–Crippen LogP) is 3.46. The molecule has 1 N–H and O–H groups in total. The number of aromatic hydroxyl groups is 1. The van der Waals surface area contributed by atoms with Crippen LogP contribution in [0.15, 0.2) is 48.5 Å². The van der Waals surface area contributed by atoms with E-state index in [4.69, 9.17) is 4.74 Å². The minimum absolute atomic E-state index is 0.181. The van der Waals surface area contributed by atoms with Crippen LogP contribution in [-0.2, 0) is 0 Å². The second-order valence-corrected chi connectivity index (χ2v) is 3.99. The Balaban J connectivity index is 2.36. The Hall–Kier alpha value is -2.73. The number of rotatable bonds is 3. The zero-order valence-electron chi connectivity index (χ0n) is 10.5. The second-order valence-electron chi connectivity index (χ2n) is 3.99. The Bertz CT molecular complexity index is 637. The monoisotopic (exact) mass is 251 g/mol. The topological polar surface area (TPSA) is 53.2 Å². The van der Waals surface area contributed by atoms with Gasteiger partial charge in [-0.1, -0.05) is 12.1 Å². The smallest absolute Gasteiger partial charge is 0.118 e. The molecule has 0 amide bonds. The van der Waals surface area contributed by atoms with Crippen molar-refractivity contribution in [3.63, 3.8) is 0 Å². The first kappa shape index (κ1) is 12.7. The Morgan fingerprint density at radius 1 is 1.21 bits per heavy atom. The summed E-state index contributed by atoms with van der Waals surface area (Å²) in [4.78, 5) is 0. The van der Waals surface area contributed by atoms with Gasteiger partial charge in [0, 0.05) is 0 Å². The van der Waals surface area contributed by atoms with Crippen LogP contribution >= 0.6 is 0 Å². The fourth-order valence-corrected chi connectivity index (χ4v) is 1.73. The molecule has 3 heteroatoms. The fraction of sp³-hybridized carbons (Fsp3) is 0.0625. The molecule has 2 aromatic carbocycles. The lowest BCUT2D eigenvalue weighted by molar-refractivity contribution is 0.415. The molecule has 0 saturated carbocycles. The first-order valence-corrected chi connectivity index (χ1v) is 5.78. The molecule has 0 aromatic heterocycles. The molecule has 19 heavy (non-hydrogen) atoms. The zero-order valence-corrected chi connectivity index (χ0v) is 10.5. The molecule has 0 spiro atoms. The Morgan fingerprint density at radius 3 is 2.53 bits per heavy atom. The fourth-order valence-electron chi connectivity index (χ4n) is 1.73. The standard InChI is InChI=1S/C16H13NO2/c1-19-16-7-5-13(6-8-16)14(11-17)9-12-3-2-4-15(18)10-12/h2-10,18H,1H3/b14-9+. The van der Waals surface area contributed by atoms with Crippen LogP contribution in [0, 0.1) is 11.3 Å². The Morgan fingerprint density at radius 2 is 1.95 bits per heavy atom. The van der Waals surface area contributed by atoms with Gasteiger partial charge in [-0.25, -0.2) is 0 Å². The molecular weight excluding hydrogens is 238 g/mol. The molecule has 0 saturated heterocycles. The number of hydrogen-bond donors (Lipinski definition) is 1. The van der Waals surface area contributed by atoms with E-state index < -0.39 is 0 Å². The average Bonchev–Trinajstić information content (AvgIpc) is 2.45. The van der Waals surface area contributed by atoms with Crippen LogP contribution in [0.5, 0.6) is 11.5 Å². The summed E-state index contributed by atoms with van der Waals surface area (Å²) < 4.78 is 5.08. The summed E-state index contributed by atoms with van der Waals surface area (Å²) in [5.41, 5.74) is 2.13. The summed E-state index contributed by atoms with van der Waals surface area (Å²) in [6.45, 7) is 0. The lowest BCUT2D eigenvalue weighted by Gasteiger charge is -2.02. The lowest BCUT2D eigenvalue weighted by atomic mass is 10.0. The van der Waals surface area contributed by atoms with E-state index in [2.05, 4.69) is 6.07 Å². The number of benzene rings is 2. The van der Waals surface area contributed by atoms with Gasteiger partial charge in [0.1, 0.15) is 11.5 Å². The first-order valence-electron chi connectivity index (χ1n) is 5.78. The number of hydrogen-bond acceptors (Lipinski definition) is 3. The number of nitriles is 1. The molecule has 0 bridgehead atoms. The van der Waals surface area contributed by atoms with E-state index in [0.717, 1.165) is 16.9 Å². The van der Waals surface area contributed by atoms with Crippen molar-refractivity contribution in [1.29, 1.82) is 5.26 Å². The predicted molar refractivity (Wildman–Crippen MR) is 74.6 cm³/mol. The molecule has 0 atom stereocenters. The van der Waals surface area contributed by atoms with E-state index in [1.54, 1.807) is 31.4 Å². The maximum absolute atomic E-state index is 9.41.